The van der Waals surface area contributed by atoms with E-state index in [2.05, 4.69) is 5.32 Å². The Hall–Kier alpha value is -3.92. The molecule has 0 saturated carbocycles. The Morgan fingerprint density at radius 3 is 2.20 bits per heavy atom. The van der Waals surface area contributed by atoms with E-state index in [1.807, 2.05) is 44.2 Å². The van der Waals surface area contributed by atoms with Crippen LogP contribution in [0, 0.1) is 5.82 Å². The van der Waals surface area contributed by atoms with Gasteiger partial charge in [-0.1, -0.05) is 43.7 Å². The Kier molecular flexibility index (Phi) is 11.1. The average Bonchev–Trinajstić information content (AvgIpc) is 2.95. The smallest absolute Gasteiger partial charge is 0.264 e. The van der Waals surface area contributed by atoms with Gasteiger partial charge < -0.3 is 15.0 Å². The van der Waals surface area contributed by atoms with Crippen molar-refractivity contribution in [1.82, 2.24) is 10.2 Å². The van der Waals surface area contributed by atoms with Crippen molar-refractivity contribution in [2.75, 3.05) is 24.0 Å². The van der Waals surface area contributed by atoms with Crippen LogP contribution in [0.4, 0.5) is 10.1 Å². The molecule has 1 unspecified atom stereocenters. The molecule has 0 aromatic heterocycles. The van der Waals surface area contributed by atoms with E-state index in [0.29, 0.717) is 18.9 Å². The van der Waals surface area contributed by atoms with Gasteiger partial charge in [-0.3, -0.25) is 13.9 Å². The molecule has 8 nitrogen and oxygen atoms in total. The lowest BCUT2D eigenvalue weighted by Crippen LogP contribution is -2.51. The first kappa shape index (κ1) is 30.6. The van der Waals surface area contributed by atoms with Crippen LogP contribution in [0.2, 0.25) is 0 Å². The number of anilines is 1. The van der Waals surface area contributed by atoms with Crippen molar-refractivity contribution in [3.8, 4) is 5.75 Å². The van der Waals surface area contributed by atoms with Gasteiger partial charge in [0.25, 0.3) is 10.0 Å². The Bertz CT molecular complexity index is 1350. The number of unbranched alkanes of at least 4 members (excludes halogenated alkanes) is 1. The molecule has 0 saturated heterocycles. The van der Waals surface area contributed by atoms with Crippen LogP contribution in [0.3, 0.4) is 0 Å². The van der Waals surface area contributed by atoms with Gasteiger partial charge in [-0.15, -0.1) is 0 Å². The first-order valence-electron chi connectivity index (χ1n) is 13.3. The molecule has 214 valence electrons. The monoisotopic (exact) mass is 569 g/mol. The number of sulfonamides is 1. The molecule has 2 amide bonds. The number of nitrogens with one attached hydrogen (secondary N) is 1. The second-order valence-corrected chi connectivity index (χ2v) is 11.1. The second-order valence-electron chi connectivity index (χ2n) is 9.22. The van der Waals surface area contributed by atoms with Crippen molar-refractivity contribution in [3.05, 3.63) is 90.2 Å². The first-order valence-corrected chi connectivity index (χ1v) is 14.7. The molecule has 0 aliphatic rings. The topological polar surface area (TPSA) is 96.0 Å². The highest BCUT2D eigenvalue weighted by atomic mass is 32.2. The fourth-order valence-electron chi connectivity index (χ4n) is 4.04. The molecule has 3 rings (SSSR count). The van der Waals surface area contributed by atoms with Gasteiger partial charge in [0.2, 0.25) is 11.8 Å². The van der Waals surface area contributed by atoms with E-state index >= 15 is 0 Å². The molecule has 0 aliphatic heterocycles. The van der Waals surface area contributed by atoms with Crippen molar-refractivity contribution in [2.24, 2.45) is 0 Å². The predicted octanol–water partition coefficient (Wildman–Crippen LogP) is 4.75. The van der Waals surface area contributed by atoms with E-state index in [4.69, 9.17) is 4.74 Å². The van der Waals surface area contributed by atoms with Gasteiger partial charge in [0, 0.05) is 13.1 Å². The minimum absolute atomic E-state index is 0.0620. The van der Waals surface area contributed by atoms with Gasteiger partial charge >= 0.3 is 0 Å². The molecule has 0 fully saturated rings. The number of ether oxygens (including phenoxy) is 1. The molecule has 10 heteroatoms. The van der Waals surface area contributed by atoms with Crippen LogP contribution in [-0.2, 0) is 26.2 Å². The van der Waals surface area contributed by atoms with E-state index in [0.717, 1.165) is 34.8 Å². The third kappa shape index (κ3) is 8.05. The number of benzene rings is 3. The van der Waals surface area contributed by atoms with Crippen molar-refractivity contribution in [1.29, 1.82) is 0 Å². The van der Waals surface area contributed by atoms with Crippen LogP contribution < -0.4 is 14.4 Å². The van der Waals surface area contributed by atoms with E-state index in [1.165, 1.54) is 41.3 Å². The van der Waals surface area contributed by atoms with E-state index < -0.39 is 34.3 Å². The number of halogens is 1. The average molecular weight is 570 g/mol. The predicted molar refractivity (Wildman–Crippen MR) is 153 cm³/mol. The fourth-order valence-corrected chi connectivity index (χ4v) is 5.45. The van der Waals surface area contributed by atoms with Gasteiger partial charge in [-0.05, 0) is 74.4 Å². The van der Waals surface area contributed by atoms with Crippen molar-refractivity contribution in [2.45, 2.75) is 51.1 Å². The third-order valence-corrected chi connectivity index (χ3v) is 8.10. The highest BCUT2D eigenvalue weighted by Gasteiger charge is 2.32. The Balaban J connectivity index is 1.97. The quantitative estimate of drug-likeness (QED) is 0.283. The lowest BCUT2D eigenvalue weighted by Gasteiger charge is -2.32. The number of amides is 2. The molecule has 3 aromatic rings. The molecule has 0 spiro atoms. The highest BCUT2D eigenvalue weighted by molar-refractivity contribution is 7.92. The van der Waals surface area contributed by atoms with E-state index in [-0.39, 0.29) is 23.0 Å². The molecule has 40 heavy (non-hydrogen) atoms. The summed E-state index contributed by atoms with van der Waals surface area (Å²) in [6, 6.07) is 19.0. The summed E-state index contributed by atoms with van der Waals surface area (Å²) in [5, 5.41) is 2.85. The SMILES string of the molecule is CCCCNC(=O)C(C)N(Cc1ccccc1)C(=O)CN(c1ccc(F)cc1)S(=O)(=O)c1ccc(OCC)cc1. The molecular weight excluding hydrogens is 533 g/mol. The van der Waals surface area contributed by atoms with Crippen LogP contribution in [0.1, 0.15) is 39.2 Å². The molecule has 0 heterocycles. The second kappa shape index (κ2) is 14.5. The minimum Gasteiger partial charge on any atom is -0.494 e. The highest BCUT2D eigenvalue weighted by Crippen LogP contribution is 2.26. The molecule has 0 bridgehead atoms. The normalized spacial score (nSPS) is 11.9. The van der Waals surface area contributed by atoms with Gasteiger partial charge in [0.15, 0.2) is 0 Å². The number of carbonyl (C=O) groups excluding carboxylic acids is 2. The first-order chi connectivity index (χ1) is 19.2. The van der Waals surface area contributed by atoms with Crippen LogP contribution in [0.15, 0.2) is 83.8 Å². The number of nitrogens with zero attached hydrogens (tertiary/aromatic N) is 2. The summed E-state index contributed by atoms with van der Waals surface area (Å²) in [5.74, 6) is -0.958. The minimum atomic E-state index is -4.26. The Morgan fingerprint density at radius 2 is 1.60 bits per heavy atom. The van der Waals surface area contributed by atoms with Crippen molar-refractivity contribution >= 4 is 27.5 Å². The van der Waals surface area contributed by atoms with Crippen LogP contribution >= 0.6 is 0 Å². The zero-order valence-corrected chi connectivity index (χ0v) is 23.9. The maximum atomic E-state index is 13.8. The number of rotatable bonds is 14. The molecule has 1 N–H and O–H groups in total. The summed E-state index contributed by atoms with van der Waals surface area (Å²) in [7, 11) is -4.26. The summed E-state index contributed by atoms with van der Waals surface area (Å²) in [4.78, 5) is 28.1. The zero-order chi connectivity index (χ0) is 29.1. The van der Waals surface area contributed by atoms with Gasteiger partial charge in [0.05, 0.1) is 17.2 Å². The maximum absolute atomic E-state index is 13.8. The Morgan fingerprint density at radius 1 is 0.950 bits per heavy atom. The summed E-state index contributed by atoms with van der Waals surface area (Å²) in [6.07, 6.45) is 1.70. The lowest BCUT2D eigenvalue weighted by molar-refractivity contribution is -0.139. The van der Waals surface area contributed by atoms with E-state index in [1.54, 1.807) is 6.92 Å². The van der Waals surface area contributed by atoms with Crippen molar-refractivity contribution < 1.29 is 27.1 Å². The maximum Gasteiger partial charge on any atom is 0.264 e. The molecule has 3 aromatic carbocycles. The lowest BCUT2D eigenvalue weighted by atomic mass is 10.1. The zero-order valence-electron chi connectivity index (χ0n) is 23.0. The van der Waals surface area contributed by atoms with Crippen molar-refractivity contribution in [3.63, 3.8) is 0 Å². The number of carbonyl (C=O) groups is 2. The van der Waals surface area contributed by atoms with Gasteiger partial charge in [0.1, 0.15) is 24.2 Å². The van der Waals surface area contributed by atoms with E-state index in [9.17, 15) is 22.4 Å². The molecule has 0 radical (unpaired) electrons. The standard InChI is InChI=1S/C30H36FN3O5S/c1-4-6-20-32-30(36)23(3)33(21-24-10-8-7-9-11-24)29(35)22-34(26-14-12-25(31)13-15-26)40(37,38)28-18-16-27(17-19-28)39-5-2/h7-19,23H,4-6,20-22H2,1-3H3,(H,32,36). The van der Waals surface area contributed by atoms with Crippen LogP contribution in [-0.4, -0.2) is 50.9 Å². The summed E-state index contributed by atoms with van der Waals surface area (Å²) in [6.45, 7) is 5.84. The third-order valence-electron chi connectivity index (χ3n) is 6.31. The van der Waals surface area contributed by atoms with Crippen LogP contribution in [0.5, 0.6) is 5.75 Å². The van der Waals surface area contributed by atoms with Gasteiger partial charge in [-0.2, -0.15) is 0 Å². The van der Waals surface area contributed by atoms with Crippen LogP contribution in [0.25, 0.3) is 0 Å². The number of hydrogen-bond acceptors (Lipinski definition) is 5. The summed E-state index contributed by atoms with van der Waals surface area (Å²) in [5.41, 5.74) is 0.898. The largest absolute Gasteiger partial charge is 0.494 e. The molecule has 0 aliphatic carbocycles. The number of hydrogen-bond donors (Lipinski definition) is 1. The summed E-state index contributed by atoms with van der Waals surface area (Å²) >= 11 is 0. The Labute approximate surface area is 235 Å². The summed E-state index contributed by atoms with van der Waals surface area (Å²) < 4.78 is 47.7. The molecule has 1 atom stereocenters. The molecular formula is C30H36FN3O5S. The fraction of sp³-hybridized carbons (Fsp3) is 0.333. The van der Waals surface area contributed by atoms with Gasteiger partial charge in [-0.25, -0.2) is 12.8 Å².